The van der Waals surface area contributed by atoms with Crippen molar-refractivity contribution in [3.05, 3.63) is 0 Å². The van der Waals surface area contributed by atoms with Crippen molar-refractivity contribution in [3.63, 3.8) is 0 Å². The maximum atomic E-state index is 12.0. The Labute approximate surface area is 273 Å². The van der Waals surface area contributed by atoms with Crippen LogP contribution < -0.4 is 10.6 Å². The molecule has 0 atom stereocenters. The van der Waals surface area contributed by atoms with Gasteiger partial charge in [0.2, 0.25) is 11.8 Å². The molecule has 0 saturated heterocycles. The summed E-state index contributed by atoms with van der Waals surface area (Å²) < 4.78 is 26.9. The zero-order valence-corrected chi connectivity index (χ0v) is 28.4. The van der Waals surface area contributed by atoms with Gasteiger partial charge in [0, 0.05) is 39.0 Å². The molecule has 0 aromatic carbocycles. The summed E-state index contributed by atoms with van der Waals surface area (Å²) in [6.07, 6.45) is 18.2. The summed E-state index contributed by atoms with van der Waals surface area (Å²) >= 11 is 0. The van der Waals surface area contributed by atoms with Gasteiger partial charge in [0.05, 0.1) is 59.5 Å². The smallest absolute Gasteiger partial charge is 0.303 e. The van der Waals surface area contributed by atoms with Crippen LogP contribution in [-0.2, 0) is 38.1 Å². The number of amides is 2. The summed E-state index contributed by atoms with van der Waals surface area (Å²) in [7, 11) is 0. The van der Waals surface area contributed by atoms with Crippen molar-refractivity contribution in [1.82, 2.24) is 10.6 Å². The van der Waals surface area contributed by atoms with Gasteiger partial charge in [0.25, 0.3) is 0 Å². The second kappa shape index (κ2) is 36.7. The quantitative estimate of drug-likeness (QED) is 0.0754. The largest absolute Gasteiger partial charge is 0.481 e. The minimum Gasteiger partial charge on any atom is -0.481 e. The molecule has 11 nitrogen and oxygen atoms in total. The predicted molar refractivity (Wildman–Crippen MR) is 177 cm³/mol. The van der Waals surface area contributed by atoms with E-state index in [9.17, 15) is 14.4 Å². The van der Waals surface area contributed by atoms with Crippen LogP contribution in [0.3, 0.4) is 0 Å². The minimum atomic E-state index is -0.686. The van der Waals surface area contributed by atoms with Crippen molar-refractivity contribution in [2.24, 2.45) is 0 Å². The first-order valence-corrected chi connectivity index (χ1v) is 17.7. The van der Waals surface area contributed by atoms with Crippen molar-refractivity contribution >= 4 is 17.8 Å². The van der Waals surface area contributed by atoms with E-state index in [-0.39, 0.29) is 11.8 Å². The number of carbonyl (C=O) groups is 3. The van der Waals surface area contributed by atoms with Gasteiger partial charge in [-0.15, -0.1) is 0 Å². The van der Waals surface area contributed by atoms with Crippen molar-refractivity contribution in [3.8, 4) is 0 Å². The van der Waals surface area contributed by atoms with Gasteiger partial charge in [-0.25, -0.2) is 0 Å². The molecule has 0 aliphatic heterocycles. The molecule has 0 heterocycles. The minimum absolute atomic E-state index is 0.0342. The van der Waals surface area contributed by atoms with Gasteiger partial charge in [-0.3, -0.25) is 14.4 Å². The number of aliphatic carboxylic acids is 1. The Balaban J connectivity index is 3.26. The molecule has 266 valence electrons. The highest BCUT2D eigenvalue weighted by Crippen LogP contribution is 2.13. The summed E-state index contributed by atoms with van der Waals surface area (Å²) in [5.74, 6) is -0.649. The molecule has 0 fully saturated rings. The third kappa shape index (κ3) is 38.3. The molecule has 0 aliphatic carbocycles. The van der Waals surface area contributed by atoms with E-state index in [1.165, 1.54) is 57.8 Å². The van der Waals surface area contributed by atoms with Crippen LogP contribution in [0.25, 0.3) is 0 Å². The Morgan fingerprint density at radius 2 is 0.756 bits per heavy atom. The average Bonchev–Trinajstić information content (AvgIpc) is 3.02. The van der Waals surface area contributed by atoms with Crippen LogP contribution in [0.4, 0.5) is 0 Å². The SMILES string of the molecule is CCOCCOCCOCCOCCOCCNC(=O)CCCNC(=O)CCCCCCCCCCCCCCCCC(=O)O. The first-order valence-electron chi connectivity index (χ1n) is 17.7. The fourth-order valence-corrected chi connectivity index (χ4v) is 4.62. The number of ether oxygens (including phenoxy) is 5. The topological polar surface area (TPSA) is 142 Å². The van der Waals surface area contributed by atoms with E-state index in [0.717, 1.165) is 32.1 Å². The molecule has 0 rings (SSSR count). The van der Waals surface area contributed by atoms with Gasteiger partial charge in [-0.05, 0) is 26.2 Å². The summed E-state index contributed by atoms with van der Waals surface area (Å²) in [6, 6.07) is 0. The number of carbonyl (C=O) groups excluding carboxylic acids is 2. The van der Waals surface area contributed by atoms with Crippen LogP contribution in [0, 0.1) is 0 Å². The zero-order valence-electron chi connectivity index (χ0n) is 28.4. The maximum Gasteiger partial charge on any atom is 0.303 e. The lowest BCUT2D eigenvalue weighted by atomic mass is 10.0. The molecule has 0 radical (unpaired) electrons. The first kappa shape index (κ1) is 43.2. The highest BCUT2D eigenvalue weighted by molar-refractivity contribution is 5.77. The van der Waals surface area contributed by atoms with E-state index in [2.05, 4.69) is 10.6 Å². The number of nitrogens with one attached hydrogen (secondary N) is 2. The fourth-order valence-electron chi connectivity index (χ4n) is 4.62. The normalized spacial score (nSPS) is 11.1. The van der Waals surface area contributed by atoms with Gasteiger partial charge in [0.1, 0.15) is 0 Å². The Kier molecular flexibility index (Phi) is 35.2. The molecule has 0 bridgehead atoms. The van der Waals surface area contributed by atoms with Crippen molar-refractivity contribution in [2.75, 3.05) is 79.2 Å². The van der Waals surface area contributed by atoms with Crippen LogP contribution in [-0.4, -0.2) is 102 Å². The molecule has 45 heavy (non-hydrogen) atoms. The number of rotatable bonds is 37. The predicted octanol–water partition coefficient (Wildman–Crippen LogP) is 5.43. The highest BCUT2D eigenvalue weighted by Gasteiger charge is 2.04. The van der Waals surface area contributed by atoms with Crippen LogP contribution in [0.5, 0.6) is 0 Å². The summed E-state index contributed by atoms with van der Waals surface area (Å²) in [4.78, 5) is 34.4. The molecule has 0 aromatic heterocycles. The Morgan fingerprint density at radius 1 is 0.422 bits per heavy atom. The van der Waals surface area contributed by atoms with Crippen molar-refractivity contribution in [2.45, 2.75) is 122 Å². The highest BCUT2D eigenvalue weighted by atomic mass is 16.6. The second-order valence-electron chi connectivity index (χ2n) is 11.3. The average molecular weight is 647 g/mol. The Bertz CT molecular complexity index is 668. The summed E-state index contributed by atoms with van der Waals surface area (Å²) in [6.45, 7) is 8.28. The van der Waals surface area contributed by atoms with Crippen LogP contribution in [0.15, 0.2) is 0 Å². The van der Waals surface area contributed by atoms with E-state index in [1.54, 1.807) is 0 Å². The van der Waals surface area contributed by atoms with Crippen LogP contribution in [0.2, 0.25) is 0 Å². The maximum absolute atomic E-state index is 12.0. The standard InChI is InChI=1S/C34H66N2O9/c1-2-41-24-25-43-28-29-45-31-30-44-27-26-42-23-22-36-33(38)19-17-21-35-32(37)18-15-13-11-9-7-5-3-4-6-8-10-12-14-16-20-34(39)40/h2-31H2,1H3,(H,35,37)(H,36,38)(H,39,40). The number of carboxylic acids is 1. The lowest BCUT2D eigenvalue weighted by Gasteiger charge is -2.08. The molecular weight excluding hydrogens is 580 g/mol. The van der Waals surface area contributed by atoms with Gasteiger partial charge in [-0.2, -0.15) is 0 Å². The monoisotopic (exact) mass is 646 g/mol. The van der Waals surface area contributed by atoms with E-state index in [1.807, 2.05) is 6.92 Å². The van der Waals surface area contributed by atoms with Gasteiger partial charge < -0.3 is 39.4 Å². The van der Waals surface area contributed by atoms with E-state index >= 15 is 0 Å². The second-order valence-corrected chi connectivity index (χ2v) is 11.3. The molecule has 0 aliphatic rings. The fraction of sp³-hybridized carbons (Fsp3) is 0.912. The van der Waals surface area contributed by atoms with E-state index < -0.39 is 5.97 Å². The van der Waals surface area contributed by atoms with E-state index in [0.29, 0.717) is 105 Å². The van der Waals surface area contributed by atoms with Crippen LogP contribution >= 0.6 is 0 Å². The van der Waals surface area contributed by atoms with Gasteiger partial charge >= 0.3 is 5.97 Å². The van der Waals surface area contributed by atoms with E-state index in [4.69, 9.17) is 28.8 Å². The third-order valence-corrected chi connectivity index (χ3v) is 7.21. The first-order chi connectivity index (χ1) is 22.1. The molecule has 3 N–H and O–H groups in total. The van der Waals surface area contributed by atoms with Crippen molar-refractivity contribution < 1.29 is 43.2 Å². The Morgan fingerprint density at radius 3 is 1.18 bits per heavy atom. The van der Waals surface area contributed by atoms with Crippen LogP contribution in [0.1, 0.15) is 122 Å². The lowest BCUT2D eigenvalue weighted by Crippen LogP contribution is -2.29. The van der Waals surface area contributed by atoms with Gasteiger partial charge in [-0.1, -0.05) is 77.0 Å². The van der Waals surface area contributed by atoms with Gasteiger partial charge in [0.15, 0.2) is 0 Å². The molecule has 0 unspecified atom stereocenters. The Hall–Kier alpha value is -1.79. The molecule has 0 spiro atoms. The third-order valence-electron chi connectivity index (χ3n) is 7.21. The number of unbranched alkanes of at least 4 members (excludes halogenated alkanes) is 13. The number of hydrogen-bond acceptors (Lipinski definition) is 8. The molecule has 0 saturated carbocycles. The molecule has 0 aromatic rings. The molecule has 11 heteroatoms. The zero-order chi connectivity index (χ0) is 32.9. The number of hydrogen-bond donors (Lipinski definition) is 3. The van der Waals surface area contributed by atoms with Crippen molar-refractivity contribution in [1.29, 1.82) is 0 Å². The summed E-state index contributed by atoms with van der Waals surface area (Å²) in [5.41, 5.74) is 0. The lowest BCUT2D eigenvalue weighted by molar-refractivity contribution is -0.137. The number of carboxylic acid groups (broad SMARTS) is 1. The summed E-state index contributed by atoms with van der Waals surface area (Å²) in [5, 5.41) is 14.4. The molecule has 2 amide bonds. The molecular formula is C34H66N2O9.